The SMILES string of the molecule is C=C(C(=O)c1ccn(C)n1)C(=O)c1ccn(C)n1. The van der Waals surface area contributed by atoms with Gasteiger partial charge >= 0.3 is 0 Å². The zero-order valence-corrected chi connectivity index (χ0v) is 10.1. The smallest absolute Gasteiger partial charge is 0.216 e. The Kier molecular flexibility index (Phi) is 2.93. The minimum Gasteiger partial charge on any atom is -0.287 e. The van der Waals surface area contributed by atoms with E-state index in [2.05, 4.69) is 16.8 Å². The Morgan fingerprint density at radius 3 is 1.67 bits per heavy atom. The van der Waals surface area contributed by atoms with Crippen molar-refractivity contribution in [2.75, 3.05) is 0 Å². The van der Waals surface area contributed by atoms with E-state index >= 15 is 0 Å². The van der Waals surface area contributed by atoms with Crippen molar-refractivity contribution in [3.63, 3.8) is 0 Å². The van der Waals surface area contributed by atoms with Crippen molar-refractivity contribution in [2.45, 2.75) is 0 Å². The lowest BCUT2D eigenvalue weighted by Crippen LogP contribution is -2.14. The van der Waals surface area contributed by atoms with Crippen LogP contribution in [0, 0.1) is 0 Å². The molecular formula is C12H12N4O2. The molecule has 6 nitrogen and oxygen atoms in total. The molecule has 0 atom stereocenters. The first-order chi connectivity index (χ1) is 8.49. The lowest BCUT2D eigenvalue weighted by Gasteiger charge is -1.99. The fourth-order valence-corrected chi connectivity index (χ4v) is 1.48. The van der Waals surface area contributed by atoms with Gasteiger partial charge in [-0.1, -0.05) is 6.58 Å². The molecule has 18 heavy (non-hydrogen) atoms. The summed E-state index contributed by atoms with van der Waals surface area (Å²) in [6.45, 7) is 3.53. The van der Waals surface area contributed by atoms with Crippen LogP contribution in [0.1, 0.15) is 21.0 Å². The molecule has 0 aromatic carbocycles. The number of aromatic nitrogens is 4. The molecule has 2 aromatic heterocycles. The fourth-order valence-electron chi connectivity index (χ4n) is 1.48. The number of Topliss-reactive ketones (excluding diaryl/α,β-unsaturated/α-hetero) is 2. The van der Waals surface area contributed by atoms with Crippen LogP contribution in [0.2, 0.25) is 0 Å². The van der Waals surface area contributed by atoms with E-state index in [0.29, 0.717) is 0 Å². The summed E-state index contributed by atoms with van der Waals surface area (Å²) in [5.41, 5.74) is 0.269. The normalized spacial score (nSPS) is 10.3. The maximum Gasteiger partial charge on any atom is 0.216 e. The first-order valence-corrected chi connectivity index (χ1v) is 5.26. The van der Waals surface area contributed by atoms with Crippen molar-refractivity contribution < 1.29 is 9.59 Å². The van der Waals surface area contributed by atoms with Crippen LogP contribution in [0.5, 0.6) is 0 Å². The molecule has 0 spiro atoms. The van der Waals surface area contributed by atoms with Crippen molar-refractivity contribution in [1.82, 2.24) is 19.6 Å². The molecule has 0 aliphatic heterocycles. The number of carbonyl (C=O) groups excluding carboxylic acids is 2. The topological polar surface area (TPSA) is 69.8 Å². The fraction of sp³-hybridized carbons (Fsp3) is 0.167. The second-order valence-corrected chi connectivity index (χ2v) is 3.89. The molecule has 0 N–H and O–H groups in total. The lowest BCUT2D eigenvalue weighted by molar-refractivity contribution is 0.0957. The summed E-state index contributed by atoms with van der Waals surface area (Å²) >= 11 is 0. The van der Waals surface area contributed by atoms with Crippen molar-refractivity contribution >= 4 is 11.6 Å². The molecule has 0 bridgehead atoms. The highest BCUT2D eigenvalue weighted by Crippen LogP contribution is 2.10. The van der Waals surface area contributed by atoms with Crippen LogP contribution in [-0.4, -0.2) is 31.1 Å². The largest absolute Gasteiger partial charge is 0.287 e. The minimum atomic E-state index is -0.480. The highest BCUT2D eigenvalue weighted by Gasteiger charge is 2.22. The molecule has 92 valence electrons. The summed E-state index contributed by atoms with van der Waals surface area (Å²) in [4.78, 5) is 23.9. The van der Waals surface area contributed by atoms with Crippen LogP contribution in [-0.2, 0) is 14.1 Å². The number of carbonyl (C=O) groups is 2. The number of allylic oxidation sites excluding steroid dienone is 1. The Balaban J connectivity index is 2.22. The average molecular weight is 244 g/mol. The second kappa shape index (κ2) is 4.40. The Morgan fingerprint density at radius 2 is 1.39 bits per heavy atom. The van der Waals surface area contributed by atoms with E-state index in [1.807, 2.05) is 0 Å². The third kappa shape index (κ3) is 2.13. The van der Waals surface area contributed by atoms with Gasteiger partial charge in [0, 0.05) is 26.5 Å². The van der Waals surface area contributed by atoms with E-state index in [-0.39, 0.29) is 17.0 Å². The maximum absolute atomic E-state index is 11.9. The van der Waals surface area contributed by atoms with Gasteiger partial charge in [0.1, 0.15) is 11.4 Å². The maximum atomic E-state index is 11.9. The van der Waals surface area contributed by atoms with Gasteiger partial charge < -0.3 is 0 Å². The molecule has 0 amide bonds. The summed E-state index contributed by atoms with van der Waals surface area (Å²) in [6.07, 6.45) is 3.26. The molecule has 0 saturated heterocycles. The van der Waals surface area contributed by atoms with Crippen LogP contribution < -0.4 is 0 Å². The number of ketones is 2. The Bertz CT molecular complexity index is 582. The molecule has 0 fully saturated rings. The zero-order valence-electron chi connectivity index (χ0n) is 10.1. The molecule has 2 rings (SSSR count). The molecule has 0 unspecified atom stereocenters. The van der Waals surface area contributed by atoms with Gasteiger partial charge in [0.25, 0.3) is 0 Å². The molecule has 0 aliphatic rings. The third-order valence-corrected chi connectivity index (χ3v) is 2.44. The van der Waals surface area contributed by atoms with Crippen LogP contribution in [0.25, 0.3) is 0 Å². The van der Waals surface area contributed by atoms with E-state index < -0.39 is 11.6 Å². The standard InChI is InChI=1S/C12H12N4O2/c1-8(11(17)9-4-6-15(2)13-9)12(18)10-5-7-16(3)14-10/h4-7H,1H2,2-3H3. The molecule has 0 saturated carbocycles. The number of aryl methyl sites for hydroxylation is 2. The Hall–Kier alpha value is -2.50. The van der Waals surface area contributed by atoms with E-state index in [9.17, 15) is 9.59 Å². The van der Waals surface area contributed by atoms with Crippen molar-refractivity contribution in [2.24, 2.45) is 14.1 Å². The molecule has 6 heteroatoms. The van der Waals surface area contributed by atoms with Gasteiger partial charge in [-0.3, -0.25) is 19.0 Å². The van der Waals surface area contributed by atoms with Gasteiger partial charge in [-0.05, 0) is 12.1 Å². The van der Waals surface area contributed by atoms with Gasteiger partial charge in [-0.15, -0.1) is 0 Å². The summed E-state index contributed by atoms with van der Waals surface area (Å²) in [5.74, 6) is -0.961. The molecular weight excluding hydrogens is 232 g/mol. The summed E-state index contributed by atoms with van der Waals surface area (Å²) in [5, 5.41) is 7.88. The quantitative estimate of drug-likeness (QED) is 0.345. The minimum absolute atomic E-state index is 0.132. The van der Waals surface area contributed by atoms with Gasteiger partial charge in [0.05, 0.1) is 5.57 Å². The van der Waals surface area contributed by atoms with E-state index in [0.717, 1.165) is 0 Å². The van der Waals surface area contributed by atoms with E-state index in [1.54, 1.807) is 38.6 Å². The number of nitrogens with zero attached hydrogens (tertiary/aromatic N) is 4. The Labute approximate surface area is 104 Å². The Morgan fingerprint density at radius 1 is 1.00 bits per heavy atom. The van der Waals surface area contributed by atoms with Crippen molar-refractivity contribution in [1.29, 1.82) is 0 Å². The third-order valence-electron chi connectivity index (χ3n) is 2.44. The number of rotatable bonds is 4. The molecule has 2 aromatic rings. The molecule has 0 radical (unpaired) electrons. The highest BCUT2D eigenvalue weighted by molar-refractivity contribution is 6.29. The van der Waals surface area contributed by atoms with Crippen LogP contribution in [0.15, 0.2) is 36.7 Å². The van der Waals surface area contributed by atoms with Crippen molar-refractivity contribution in [3.8, 4) is 0 Å². The first-order valence-electron chi connectivity index (χ1n) is 5.26. The monoisotopic (exact) mass is 244 g/mol. The van der Waals surface area contributed by atoms with Crippen LogP contribution in [0.4, 0.5) is 0 Å². The highest BCUT2D eigenvalue weighted by atomic mass is 16.2. The summed E-state index contributed by atoms with van der Waals surface area (Å²) in [6, 6.07) is 3.08. The van der Waals surface area contributed by atoms with Gasteiger partial charge in [0.15, 0.2) is 0 Å². The van der Waals surface area contributed by atoms with E-state index in [1.165, 1.54) is 9.36 Å². The first kappa shape index (κ1) is 12.0. The summed E-state index contributed by atoms with van der Waals surface area (Å²) < 4.78 is 2.98. The predicted molar refractivity (Wildman–Crippen MR) is 64.2 cm³/mol. The number of hydrogen-bond donors (Lipinski definition) is 0. The molecule has 0 aliphatic carbocycles. The zero-order chi connectivity index (χ0) is 13.3. The van der Waals surface area contributed by atoms with Crippen LogP contribution in [0.3, 0.4) is 0 Å². The van der Waals surface area contributed by atoms with E-state index in [4.69, 9.17) is 0 Å². The van der Waals surface area contributed by atoms with Crippen molar-refractivity contribution in [3.05, 3.63) is 48.1 Å². The van der Waals surface area contributed by atoms with Gasteiger partial charge in [-0.2, -0.15) is 10.2 Å². The molecule has 2 heterocycles. The van der Waals surface area contributed by atoms with Gasteiger partial charge in [-0.25, -0.2) is 0 Å². The van der Waals surface area contributed by atoms with Gasteiger partial charge in [0.2, 0.25) is 11.6 Å². The number of hydrogen-bond acceptors (Lipinski definition) is 4. The summed E-state index contributed by atoms with van der Waals surface area (Å²) in [7, 11) is 3.39. The average Bonchev–Trinajstić information content (AvgIpc) is 2.95. The second-order valence-electron chi connectivity index (χ2n) is 3.89. The van der Waals surface area contributed by atoms with Crippen LogP contribution >= 0.6 is 0 Å². The lowest BCUT2D eigenvalue weighted by atomic mass is 10.0. The predicted octanol–water partition coefficient (Wildman–Crippen LogP) is 0.775.